The summed E-state index contributed by atoms with van der Waals surface area (Å²) >= 11 is 13.7. The van der Waals surface area contributed by atoms with E-state index in [2.05, 4.69) is 4.98 Å². The van der Waals surface area contributed by atoms with Crippen LogP contribution in [0.5, 0.6) is 0 Å². The molecule has 5 nitrogen and oxygen atoms in total. The minimum atomic E-state index is -4.64. The van der Waals surface area contributed by atoms with Gasteiger partial charge in [0.25, 0.3) is 0 Å². The fraction of sp³-hybridized carbons (Fsp3) is 0.154. The molecule has 3 N–H and O–H groups in total. The maximum absolute atomic E-state index is 8.88. The molecule has 0 radical (unpaired) electrons. The van der Waals surface area contributed by atoms with Crippen molar-refractivity contribution in [2.75, 3.05) is 5.75 Å². The Morgan fingerprint density at radius 1 is 1.09 bits per heavy atom. The molecule has 2 aromatic rings. The summed E-state index contributed by atoms with van der Waals surface area (Å²) in [5, 5.41) is 1.48. The molecule has 0 aliphatic rings. The summed E-state index contributed by atoms with van der Waals surface area (Å²) in [6.45, 7) is 0. The molecule has 0 fully saturated rings. The second-order valence-electron chi connectivity index (χ2n) is 4.04. The summed E-state index contributed by atoms with van der Waals surface area (Å²) in [6, 6.07) is 9.59. The second kappa shape index (κ2) is 9.53. The zero-order valence-corrected chi connectivity index (χ0v) is 14.5. The van der Waals surface area contributed by atoms with Gasteiger partial charge < -0.3 is 14.7 Å². The summed E-state index contributed by atoms with van der Waals surface area (Å²) in [5.74, 6) is 0.976. The lowest BCUT2D eigenvalue weighted by Gasteiger charge is -2.04. The molecule has 0 saturated heterocycles. The molecule has 9 heteroatoms. The summed E-state index contributed by atoms with van der Waals surface area (Å²) in [6.07, 6.45) is 4.62. The quantitative estimate of drug-likeness (QED) is 0.551. The molecule has 22 heavy (non-hydrogen) atoms. The molecule has 120 valence electrons. The number of hydrogen-bond acceptors (Lipinski definition) is 3. The molecular formula is C13H14Cl2NO4PS. The van der Waals surface area contributed by atoms with Gasteiger partial charge in [0.15, 0.2) is 0 Å². The second-order valence-corrected chi connectivity index (χ2v) is 7.05. The van der Waals surface area contributed by atoms with E-state index < -0.39 is 7.82 Å². The summed E-state index contributed by atoms with van der Waals surface area (Å²) in [7, 11) is -4.64. The molecule has 0 bridgehead atoms. The van der Waals surface area contributed by atoms with E-state index in [1.807, 2.05) is 36.7 Å². The lowest BCUT2D eigenvalue weighted by molar-refractivity contribution is 0.275. The van der Waals surface area contributed by atoms with Crippen LogP contribution in [0, 0.1) is 0 Å². The average molecular weight is 382 g/mol. The lowest BCUT2D eigenvalue weighted by Crippen LogP contribution is -1.88. The minimum absolute atomic E-state index is 0.723. The van der Waals surface area contributed by atoms with Gasteiger partial charge in [-0.15, -0.1) is 11.8 Å². The first kappa shape index (κ1) is 19.5. The van der Waals surface area contributed by atoms with Gasteiger partial charge >= 0.3 is 7.82 Å². The maximum Gasteiger partial charge on any atom is 0.466 e. The molecule has 0 saturated carbocycles. The summed E-state index contributed by atoms with van der Waals surface area (Å²) < 4.78 is 8.88. The zero-order chi connectivity index (χ0) is 16.6. The molecule has 1 heterocycles. The SMILES string of the molecule is Clc1ccc(Cl)c(SCCc2ccncc2)c1.O=P(O)(O)O. The normalized spacial score (nSPS) is 10.8. The molecule has 1 aromatic carbocycles. The van der Waals surface area contributed by atoms with Crippen molar-refractivity contribution >= 4 is 42.8 Å². The Morgan fingerprint density at radius 3 is 2.27 bits per heavy atom. The summed E-state index contributed by atoms with van der Waals surface area (Å²) in [4.78, 5) is 26.6. The van der Waals surface area contributed by atoms with Crippen LogP contribution in [0.2, 0.25) is 10.0 Å². The highest BCUT2D eigenvalue weighted by atomic mass is 35.5. The number of aromatic nitrogens is 1. The Bertz CT molecular complexity index is 631. The first-order valence-corrected chi connectivity index (χ1v) is 9.31. The predicted molar refractivity (Wildman–Crippen MR) is 89.4 cm³/mol. The Hall–Kier alpha value is -0.590. The van der Waals surface area contributed by atoms with Crippen molar-refractivity contribution in [3.63, 3.8) is 0 Å². The number of pyridine rings is 1. The molecule has 0 aliphatic carbocycles. The molecule has 2 rings (SSSR count). The molecule has 0 spiro atoms. The highest BCUT2D eigenvalue weighted by Gasteiger charge is 2.02. The van der Waals surface area contributed by atoms with Crippen molar-refractivity contribution in [2.45, 2.75) is 11.3 Å². The zero-order valence-electron chi connectivity index (χ0n) is 11.3. The van der Waals surface area contributed by atoms with Crippen LogP contribution in [0.4, 0.5) is 0 Å². The third-order valence-corrected chi connectivity index (χ3v) is 4.02. The lowest BCUT2D eigenvalue weighted by atomic mass is 10.2. The number of halogens is 2. The molecule has 0 unspecified atom stereocenters. The van der Waals surface area contributed by atoms with Gasteiger partial charge in [-0.2, -0.15) is 0 Å². The third kappa shape index (κ3) is 9.43. The minimum Gasteiger partial charge on any atom is -0.303 e. The monoisotopic (exact) mass is 381 g/mol. The van der Waals surface area contributed by atoms with Gasteiger partial charge in [0.1, 0.15) is 0 Å². The first-order chi connectivity index (χ1) is 10.3. The van der Waals surface area contributed by atoms with Crippen molar-refractivity contribution in [3.05, 3.63) is 58.3 Å². The van der Waals surface area contributed by atoms with E-state index in [0.717, 1.165) is 27.1 Å². The molecule has 0 amide bonds. The van der Waals surface area contributed by atoms with Crippen molar-refractivity contribution in [1.82, 2.24) is 4.98 Å². The van der Waals surface area contributed by atoms with E-state index in [1.165, 1.54) is 5.56 Å². The highest BCUT2D eigenvalue weighted by Crippen LogP contribution is 2.30. The average Bonchev–Trinajstić information content (AvgIpc) is 2.42. The standard InChI is InChI=1S/C13H11Cl2NS.H3O4P/c14-11-1-2-12(15)13(9-11)17-8-5-10-3-6-16-7-4-10;1-5(2,3)4/h1-4,6-7,9H,5,8H2;(H3,1,2,3,4). The van der Waals surface area contributed by atoms with E-state index in [4.69, 9.17) is 42.4 Å². The smallest absolute Gasteiger partial charge is 0.303 e. The fourth-order valence-corrected chi connectivity index (χ4v) is 2.91. The van der Waals surface area contributed by atoms with E-state index in [-0.39, 0.29) is 0 Å². The Balaban J connectivity index is 0.000000422. The van der Waals surface area contributed by atoms with Gasteiger partial charge in [0.05, 0.1) is 5.02 Å². The van der Waals surface area contributed by atoms with Crippen LogP contribution in [-0.2, 0) is 11.0 Å². The number of nitrogens with zero attached hydrogens (tertiary/aromatic N) is 1. The first-order valence-electron chi connectivity index (χ1n) is 6.01. The van der Waals surface area contributed by atoms with Gasteiger partial charge in [-0.05, 0) is 42.3 Å². The molecule has 0 atom stereocenters. The van der Waals surface area contributed by atoms with E-state index in [0.29, 0.717) is 0 Å². The van der Waals surface area contributed by atoms with Crippen molar-refractivity contribution in [3.8, 4) is 0 Å². The van der Waals surface area contributed by atoms with Crippen molar-refractivity contribution < 1.29 is 19.2 Å². The predicted octanol–water partition coefficient (Wildman–Crippen LogP) is 3.79. The van der Waals surface area contributed by atoms with Crippen LogP contribution in [0.3, 0.4) is 0 Å². The number of benzene rings is 1. The fourth-order valence-electron chi connectivity index (χ4n) is 1.42. The van der Waals surface area contributed by atoms with Crippen LogP contribution in [0.25, 0.3) is 0 Å². The molecular weight excluding hydrogens is 368 g/mol. The largest absolute Gasteiger partial charge is 0.466 e. The van der Waals surface area contributed by atoms with E-state index in [9.17, 15) is 0 Å². The number of thioether (sulfide) groups is 1. The van der Waals surface area contributed by atoms with Crippen LogP contribution < -0.4 is 0 Å². The molecule has 1 aromatic heterocycles. The van der Waals surface area contributed by atoms with E-state index >= 15 is 0 Å². The van der Waals surface area contributed by atoms with Crippen LogP contribution in [0.15, 0.2) is 47.6 Å². The van der Waals surface area contributed by atoms with Crippen LogP contribution >= 0.6 is 42.8 Å². The summed E-state index contributed by atoms with van der Waals surface area (Å²) in [5.41, 5.74) is 1.28. The van der Waals surface area contributed by atoms with Crippen molar-refractivity contribution in [1.29, 1.82) is 0 Å². The van der Waals surface area contributed by atoms with Gasteiger partial charge in [-0.25, -0.2) is 4.57 Å². The van der Waals surface area contributed by atoms with Gasteiger partial charge in [-0.1, -0.05) is 23.2 Å². The Kier molecular flexibility index (Phi) is 8.43. The third-order valence-electron chi connectivity index (χ3n) is 2.29. The van der Waals surface area contributed by atoms with Gasteiger partial charge in [0, 0.05) is 28.1 Å². The number of phosphoric acid groups is 1. The highest BCUT2D eigenvalue weighted by molar-refractivity contribution is 7.99. The maximum atomic E-state index is 8.88. The Labute approximate surface area is 142 Å². The Morgan fingerprint density at radius 2 is 1.68 bits per heavy atom. The van der Waals surface area contributed by atoms with Crippen LogP contribution in [0.1, 0.15) is 5.56 Å². The van der Waals surface area contributed by atoms with Crippen LogP contribution in [-0.4, -0.2) is 25.4 Å². The van der Waals surface area contributed by atoms with Gasteiger partial charge in [-0.3, -0.25) is 4.98 Å². The van der Waals surface area contributed by atoms with Crippen molar-refractivity contribution in [2.24, 2.45) is 0 Å². The topological polar surface area (TPSA) is 90.7 Å². The van der Waals surface area contributed by atoms with Gasteiger partial charge in [0.2, 0.25) is 0 Å². The number of rotatable bonds is 4. The van der Waals surface area contributed by atoms with E-state index in [1.54, 1.807) is 17.8 Å². The number of hydrogen-bond donors (Lipinski definition) is 3. The molecule has 0 aliphatic heterocycles. The number of aryl methyl sites for hydroxylation is 1.